The molecule has 2 aromatic rings. The minimum Gasteiger partial charge on any atom is -0.403 e. The van der Waals surface area contributed by atoms with Crippen molar-refractivity contribution in [3.63, 3.8) is 0 Å². The molecule has 2 aliphatic carbocycles. The fourth-order valence-electron chi connectivity index (χ4n) is 4.44. The number of halogens is 2. The van der Waals surface area contributed by atoms with Crippen molar-refractivity contribution in [3.05, 3.63) is 40.8 Å². The summed E-state index contributed by atoms with van der Waals surface area (Å²) in [7, 11) is 0. The molecule has 0 unspecified atom stereocenters. The lowest BCUT2D eigenvalue weighted by Crippen LogP contribution is -2.37. The number of aliphatic imine (C=N–C) groups is 1. The first kappa shape index (κ1) is 22.4. The number of anilines is 1. The van der Waals surface area contributed by atoms with Crippen molar-refractivity contribution in [1.82, 2.24) is 14.9 Å². The molecule has 0 radical (unpaired) electrons. The number of aromatic nitrogens is 2. The highest BCUT2D eigenvalue weighted by Gasteiger charge is 2.44. The molecule has 9 heteroatoms. The molecule has 0 atom stereocenters. The Labute approximate surface area is 203 Å². The van der Waals surface area contributed by atoms with Gasteiger partial charge in [-0.1, -0.05) is 23.2 Å². The van der Waals surface area contributed by atoms with Gasteiger partial charge in [0, 0.05) is 29.4 Å². The highest BCUT2D eigenvalue weighted by atomic mass is 35.5. The maximum Gasteiger partial charge on any atom is 0.227 e. The van der Waals surface area contributed by atoms with E-state index >= 15 is 0 Å². The van der Waals surface area contributed by atoms with Crippen molar-refractivity contribution in [2.24, 2.45) is 16.1 Å². The van der Waals surface area contributed by atoms with Crippen LogP contribution >= 0.6 is 23.2 Å². The van der Waals surface area contributed by atoms with E-state index < -0.39 is 0 Å². The molecular formula is C24H27Cl2N7. The van der Waals surface area contributed by atoms with Crippen LogP contribution < -0.4 is 11.1 Å². The molecule has 1 aromatic heterocycles. The minimum atomic E-state index is -0.0865. The second kappa shape index (κ2) is 9.09. The second-order valence-corrected chi connectivity index (χ2v) is 10.2. The van der Waals surface area contributed by atoms with Crippen molar-refractivity contribution < 1.29 is 0 Å². The van der Waals surface area contributed by atoms with Crippen LogP contribution in [0.2, 0.25) is 5.02 Å². The van der Waals surface area contributed by atoms with Crippen LogP contribution in [0.5, 0.6) is 0 Å². The number of nitriles is 1. The summed E-state index contributed by atoms with van der Waals surface area (Å²) in [6.07, 6.45) is 9.38. The first-order valence-corrected chi connectivity index (χ1v) is 12.3. The molecule has 3 aliphatic rings. The molecule has 3 fully saturated rings. The van der Waals surface area contributed by atoms with Crippen molar-refractivity contribution in [1.29, 1.82) is 5.26 Å². The Morgan fingerprint density at radius 3 is 2.70 bits per heavy atom. The Morgan fingerprint density at radius 2 is 2.06 bits per heavy atom. The Balaban J connectivity index is 1.31. The molecule has 0 bridgehead atoms. The summed E-state index contributed by atoms with van der Waals surface area (Å²) in [5, 5.41) is 14.5. The first-order valence-electron chi connectivity index (χ1n) is 11.5. The Morgan fingerprint density at radius 1 is 1.30 bits per heavy atom. The lowest BCUT2D eigenvalue weighted by atomic mass is 9.88. The molecule has 1 aromatic carbocycles. The van der Waals surface area contributed by atoms with Crippen LogP contribution in [0, 0.1) is 16.7 Å². The van der Waals surface area contributed by atoms with Gasteiger partial charge in [0.15, 0.2) is 0 Å². The zero-order valence-corrected chi connectivity index (χ0v) is 19.9. The molecule has 2 heterocycles. The Kier molecular flexibility index (Phi) is 6.17. The average molecular weight is 484 g/mol. The van der Waals surface area contributed by atoms with E-state index in [1.165, 1.54) is 6.20 Å². The van der Waals surface area contributed by atoms with Gasteiger partial charge in [0.2, 0.25) is 5.95 Å². The lowest BCUT2D eigenvalue weighted by Gasteiger charge is -2.33. The maximum absolute atomic E-state index is 9.38. The van der Waals surface area contributed by atoms with Gasteiger partial charge in [-0.3, -0.25) is 4.99 Å². The molecule has 1 saturated heterocycles. The molecule has 172 valence electrons. The average Bonchev–Trinajstić information content (AvgIpc) is 3.75. The Bertz CT molecular complexity index is 1150. The van der Waals surface area contributed by atoms with E-state index in [9.17, 15) is 5.26 Å². The van der Waals surface area contributed by atoms with Gasteiger partial charge in [-0.25, -0.2) is 9.97 Å². The summed E-state index contributed by atoms with van der Waals surface area (Å²) in [6, 6.07) is 6.81. The van der Waals surface area contributed by atoms with E-state index in [1.54, 1.807) is 6.20 Å². The number of nitrogens with zero attached hydrogens (tertiary/aromatic N) is 5. The zero-order chi connectivity index (χ0) is 23.0. The van der Waals surface area contributed by atoms with Crippen molar-refractivity contribution in [2.75, 3.05) is 25.0 Å². The van der Waals surface area contributed by atoms with E-state index in [4.69, 9.17) is 28.9 Å². The van der Waals surface area contributed by atoms with E-state index in [1.807, 2.05) is 6.07 Å². The molecule has 0 spiro atoms. The fourth-order valence-corrected chi connectivity index (χ4v) is 5.02. The van der Waals surface area contributed by atoms with Gasteiger partial charge in [-0.15, -0.1) is 0 Å². The molecule has 5 rings (SSSR count). The number of hydrogen-bond donors (Lipinski definition) is 2. The van der Waals surface area contributed by atoms with Crippen LogP contribution in [0.4, 0.5) is 5.95 Å². The summed E-state index contributed by atoms with van der Waals surface area (Å²) in [6.45, 7) is 2.87. The van der Waals surface area contributed by atoms with E-state index in [0.717, 1.165) is 79.6 Å². The molecule has 2 saturated carbocycles. The van der Waals surface area contributed by atoms with Crippen LogP contribution in [-0.4, -0.2) is 45.7 Å². The number of piperidine rings is 1. The predicted octanol–water partition coefficient (Wildman–Crippen LogP) is 4.78. The van der Waals surface area contributed by atoms with Gasteiger partial charge in [-0.2, -0.15) is 5.26 Å². The van der Waals surface area contributed by atoms with Gasteiger partial charge in [0.1, 0.15) is 5.17 Å². The number of nitrogens with two attached hydrogens (primary N) is 1. The van der Waals surface area contributed by atoms with E-state index in [0.29, 0.717) is 22.7 Å². The van der Waals surface area contributed by atoms with Gasteiger partial charge in [0.05, 0.1) is 28.7 Å². The smallest absolute Gasteiger partial charge is 0.227 e. The lowest BCUT2D eigenvalue weighted by molar-refractivity contribution is 0.190. The van der Waals surface area contributed by atoms with Crippen molar-refractivity contribution in [3.8, 4) is 6.07 Å². The third-order valence-corrected chi connectivity index (χ3v) is 7.45. The molecule has 3 N–H and O–H groups in total. The highest BCUT2D eigenvalue weighted by Crippen LogP contribution is 2.46. The van der Waals surface area contributed by atoms with Gasteiger partial charge >= 0.3 is 0 Å². The van der Waals surface area contributed by atoms with Crippen molar-refractivity contribution in [2.45, 2.75) is 50.5 Å². The largest absolute Gasteiger partial charge is 0.403 e. The van der Waals surface area contributed by atoms with Gasteiger partial charge in [0.25, 0.3) is 0 Å². The Hall–Kier alpha value is -2.40. The highest BCUT2D eigenvalue weighted by molar-refractivity contribution is 6.69. The number of rotatable bonds is 7. The first-order chi connectivity index (χ1) is 16.0. The molecule has 1 aliphatic heterocycles. The summed E-state index contributed by atoms with van der Waals surface area (Å²) in [5.74, 6) is 0.791. The van der Waals surface area contributed by atoms with Gasteiger partial charge < -0.3 is 16.0 Å². The maximum atomic E-state index is 9.38. The normalized spacial score (nSPS) is 21.7. The van der Waals surface area contributed by atoms with Crippen LogP contribution in [0.3, 0.4) is 0 Å². The molecular weight excluding hydrogens is 457 g/mol. The number of fused-ring (bicyclic) bond motifs is 1. The van der Waals surface area contributed by atoms with Crippen LogP contribution in [0.15, 0.2) is 35.2 Å². The fraction of sp³-hybridized carbons (Fsp3) is 0.500. The minimum absolute atomic E-state index is 0.0865. The topological polar surface area (TPSA) is 103 Å². The summed E-state index contributed by atoms with van der Waals surface area (Å²) in [4.78, 5) is 15.9. The third-order valence-electron chi connectivity index (χ3n) is 6.82. The van der Waals surface area contributed by atoms with Crippen LogP contribution in [-0.2, 0) is 0 Å². The number of hydrogen-bond acceptors (Lipinski definition) is 7. The molecule has 7 nitrogen and oxygen atoms in total. The number of allylic oxidation sites excluding steroid dienone is 1. The summed E-state index contributed by atoms with van der Waals surface area (Å²) < 4.78 is 0. The summed E-state index contributed by atoms with van der Waals surface area (Å²) in [5.41, 5.74) is 8.10. The van der Waals surface area contributed by atoms with E-state index in [2.05, 4.69) is 37.3 Å². The van der Waals surface area contributed by atoms with E-state index in [-0.39, 0.29) is 11.5 Å². The SMILES string of the molecule is N#CC1(CN2CCC(c3cc4nc(N/C(=C/N)C(Cl)=NC5CC5)ncc4cc3Cl)CC2)CC1. The van der Waals surface area contributed by atoms with Gasteiger partial charge in [-0.05, 0) is 75.2 Å². The monoisotopic (exact) mass is 483 g/mol. The quantitative estimate of drug-likeness (QED) is 0.549. The van der Waals surface area contributed by atoms with Crippen molar-refractivity contribution >= 4 is 45.2 Å². The number of likely N-dealkylation sites (tertiary alicyclic amines) is 1. The third kappa shape index (κ3) is 5.08. The standard InChI is InChI=1S/C24H27Cl2N7/c25-19-9-16-12-29-23(32-21(11-27)22(26)30-17-1-2-17)31-20(16)10-18(19)15-3-7-33(8-4-15)14-24(13-28)5-6-24/h9-12,15,17H,1-8,14,27H2,(H,29,31,32)/b21-11+,30-22?. The summed E-state index contributed by atoms with van der Waals surface area (Å²) >= 11 is 13.0. The molecule has 33 heavy (non-hydrogen) atoms. The van der Waals surface area contributed by atoms with Crippen LogP contribution in [0.25, 0.3) is 10.9 Å². The molecule has 0 amide bonds. The zero-order valence-electron chi connectivity index (χ0n) is 18.4. The predicted molar refractivity (Wildman–Crippen MR) is 132 cm³/mol. The number of benzene rings is 1. The number of nitrogens with one attached hydrogen (secondary N) is 1. The van der Waals surface area contributed by atoms with Crippen LogP contribution in [0.1, 0.15) is 50.0 Å². The second-order valence-electron chi connectivity index (χ2n) is 9.43.